The number of hydrogen-bond donors (Lipinski definition) is 1. The molecule has 1 amide bonds. The minimum absolute atomic E-state index is 0.0623. The number of halogens is 1. The number of methoxy groups -OCH3 is 1. The van der Waals surface area contributed by atoms with Gasteiger partial charge >= 0.3 is 0 Å². The van der Waals surface area contributed by atoms with Gasteiger partial charge in [-0.25, -0.2) is 4.98 Å². The number of aromatic nitrogens is 2. The van der Waals surface area contributed by atoms with Crippen molar-refractivity contribution in [3.8, 4) is 17.7 Å². The molecule has 1 N–H and O–H groups in total. The number of hydrogen-bond acceptors (Lipinski definition) is 8. The lowest BCUT2D eigenvalue weighted by molar-refractivity contribution is -0.115. The Kier molecular flexibility index (Phi) is 7.27. The third-order valence-electron chi connectivity index (χ3n) is 5.42. The van der Waals surface area contributed by atoms with Crippen LogP contribution in [0.4, 0.5) is 5.82 Å². The summed E-state index contributed by atoms with van der Waals surface area (Å²) < 4.78 is 16.7. The van der Waals surface area contributed by atoms with Crippen LogP contribution in [0.25, 0.3) is 5.57 Å². The Morgan fingerprint density at radius 1 is 1.36 bits per heavy atom. The van der Waals surface area contributed by atoms with Gasteiger partial charge in [-0.15, -0.1) is 0 Å². The van der Waals surface area contributed by atoms with E-state index in [1.165, 1.54) is 6.20 Å². The molecule has 1 saturated heterocycles. The number of nitrogens with zero attached hydrogens (tertiary/aromatic N) is 4. The molecular formula is C23H24ClN5O4. The summed E-state index contributed by atoms with van der Waals surface area (Å²) in [5, 5.41) is 12.2. The maximum atomic E-state index is 12.6. The van der Waals surface area contributed by atoms with Crippen molar-refractivity contribution in [1.29, 1.82) is 5.26 Å². The van der Waals surface area contributed by atoms with Crippen molar-refractivity contribution in [3.05, 3.63) is 46.9 Å². The van der Waals surface area contributed by atoms with E-state index < -0.39 is 0 Å². The monoisotopic (exact) mass is 469 g/mol. The lowest BCUT2D eigenvalue weighted by Gasteiger charge is -2.21. The van der Waals surface area contributed by atoms with Crippen LogP contribution >= 0.6 is 11.6 Å². The summed E-state index contributed by atoms with van der Waals surface area (Å²) in [6.45, 7) is 2.36. The van der Waals surface area contributed by atoms with Crippen molar-refractivity contribution in [2.75, 3.05) is 38.7 Å². The third-order valence-corrected chi connectivity index (χ3v) is 5.70. The van der Waals surface area contributed by atoms with Gasteiger partial charge in [-0.1, -0.05) is 17.7 Å². The van der Waals surface area contributed by atoms with E-state index in [4.69, 9.17) is 31.1 Å². The van der Waals surface area contributed by atoms with Crippen LogP contribution in [-0.2, 0) is 16.0 Å². The number of ether oxygens (including phenoxy) is 3. The van der Waals surface area contributed by atoms with E-state index in [9.17, 15) is 4.79 Å². The molecule has 2 aromatic heterocycles. The highest BCUT2D eigenvalue weighted by Gasteiger charge is 2.20. The zero-order chi connectivity index (χ0) is 23.2. The van der Waals surface area contributed by atoms with E-state index in [-0.39, 0.29) is 18.4 Å². The van der Waals surface area contributed by atoms with Crippen molar-refractivity contribution < 1.29 is 19.0 Å². The number of pyridine rings is 2. The second-order valence-electron chi connectivity index (χ2n) is 7.75. The fourth-order valence-corrected chi connectivity index (χ4v) is 3.84. The molecule has 9 nitrogen and oxygen atoms in total. The van der Waals surface area contributed by atoms with Crippen molar-refractivity contribution in [2.45, 2.75) is 25.4 Å². The molecule has 2 aromatic rings. The lowest BCUT2D eigenvalue weighted by Crippen LogP contribution is -2.23. The summed E-state index contributed by atoms with van der Waals surface area (Å²) >= 11 is 6.18. The number of carbonyl (C=O) groups excluding carboxylic acids is 1. The number of amides is 1. The molecule has 1 fully saturated rings. The van der Waals surface area contributed by atoms with Gasteiger partial charge in [-0.2, -0.15) is 5.26 Å². The molecule has 33 heavy (non-hydrogen) atoms. The zero-order valence-electron chi connectivity index (χ0n) is 18.2. The second-order valence-corrected chi connectivity index (χ2v) is 8.16. The van der Waals surface area contributed by atoms with Crippen molar-refractivity contribution in [2.24, 2.45) is 0 Å². The molecule has 0 aliphatic carbocycles. The first kappa shape index (κ1) is 22.8. The Hall–Kier alpha value is -3.35. The van der Waals surface area contributed by atoms with Crippen LogP contribution in [-0.4, -0.2) is 60.3 Å². The van der Waals surface area contributed by atoms with E-state index in [1.54, 1.807) is 24.3 Å². The highest BCUT2D eigenvalue weighted by Crippen LogP contribution is 2.30. The summed E-state index contributed by atoms with van der Waals surface area (Å²) in [5.74, 6) is 1.15. The van der Waals surface area contributed by atoms with Crippen LogP contribution < -0.4 is 14.8 Å². The van der Waals surface area contributed by atoms with E-state index in [2.05, 4.69) is 21.5 Å². The van der Waals surface area contributed by atoms with Gasteiger partial charge < -0.3 is 24.4 Å². The molecule has 2 aliphatic rings. The lowest BCUT2D eigenvalue weighted by atomic mass is 10.0. The molecule has 1 atom stereocenters. The van der Waals surface area contributed by atoms with Crippen LogP contribution in [0.15, 0.2) is 30.6 Å². The first-order valence-corrected chi connectivity index (χ1v) is 11.0. The van der Waals surface area contributed by atoms with Gasteiger partial charge in [0.2, 0.25) is 5.91 Å². The SMILES string of the molecule is COc1cc(CC(=O)Nc2cc(OC3CCOC3)c(Cl)cn2)cnc1C1=CCN(C#N)CC1. The summed E-state index contributed by atoms with van der Waals surface area (Å²) in [5.41, 5.74) is 2.47. The fraction of sp³-hybridized carbons (Fsp3) is 0.391. The average molecular weight is 470 g/mol. The van der Waals surface area contributed by atoms with Crippen LogP contribution in [0.3, 0.4) is 0 Å². The molecule has 172 valence electrons. The predicted molar refractivity (Wildman–Crippen MR) is 122 cm³/mol. The van der Waals surface area contributed by atoms with Crippen LogP contribution in [0.1, 0.15) is 24.1 Å². The first-order chi connectivity index (χ1) is 16.1. The Morgan fingerprint density at radius 3 is 2.94 bits per heavy atom. The molecule has 4 rings (SSSR count). The molecule has 10 heteroatoms. The third kappa shape index (κ3) is 5.72. The van der Waals surface area contributed by atoms with Gasteiger partial charge in [0, 0.05) is 31.8 Å². The number of nitrogens with one attached hydrogen (secondary N) is 1. The van der Waals surface area contributed by atoms with Crippen LogP contribution in [0, 0.1) is 11.5 Å². The summed E-state index contributed by atoms with van der Waals surface area (Å²) in [7, 11) is 1.57. The van der Waals surface area contributed by atoms with Crippen LogP contribution in [0.5, 0.6) is 11.5 Å². The van der Waals surface area contributed by atoms with Gasteiger partial charge in [0.25, 0.3) is 0 Å². The number of nitriles is 1. The maximum absolute atomic E-state index is 12.6. The first-order valence-electron chi connectivity index (χ1n) is 10.6. The van der Waals surface area contributed by atoms with Gasteiger partial charge in [0.1, 0.15) is 34.1 Å². The standard InChI is InChI=1S/C23H24ClN5O4/c1-31-20-8-15(11-27-23(20)16-2-5-29(14-25)6-3-16)9-22(30)28-21-10-19(18(24)12-26-21)33-17-4-7-32-13-17/h2,8,10-12,17H,3-7,9,13H2,1H3,(H,26,28,30). The van der Waals surface area contributed by atoms with Crippen LogP contribution in [0.2, 0.25) is 5.02 Å². The van der Waals surface area contributed by atoms with E-state index in [0.29, 0.717) is 60.6 Å². The molecule has 0 saturated carbocycles. The molecule has 4 heterocycles. The quantitative estimate of drug-likeness (QED) is 0.616. The normalized spacial score (nSPS) is 17.8. The highest BCUT2D eigenvalue weighted by atomic mass is 35.5. The Balaban J connectivity index is 1.41. The number of rotatable bonds is 7. The van der Waals surface area contributed by atoms with E-state index >= 15 is 0 Å². The largest absolute Gasteiger partial charge is 0.494 e. The molecule has 2 aliphatic heterocycles. The topological polar surface area (TPSA) is 110 Å². The van der Waals surface area contributed by atoms with Gasteiger partial charge in [-0.05, 0) is 23.6 Å². The van der Waals surface area contributed by atoms with Crippen molar-refractivity contribution >= 4 is 28.9 Å². The molecular weight excluding hydrogens is 446 g/mol. The summed E-state index contributed by atoms with van der Waals surface area (Å²) in [4.78, 5) is 23.0. The van der Waals surface area contributed by atoms with Gasteiger partial charge in [0.15, 0.2) is 6.19 Å². The van der Waals surface area contributed by atoms with E-state index in [0.717, 1.165) is 17.7 Å². The number of carbonyl (C=O) groups is 1. The number of anilines is 1. The molecule has 0 bridgehead atoms. The molecule has 1 unspecified atom stereocenters. The smallest absolute Gasteiger partial charge is 0.230 e. The van der Waals surface area contributed by atoms with Crippen molar-refractivity contribution in [1.82, 2.24) is 14.9 Å². The van der Waals surface area contributed by atoms with E-state index in [1.807, 2.05) is 12.1 Å². The van der Waals surface area contributed by atoms with Gasteiger partial charge in [0.05, 0.1) is 32.9 Å². The minimum atomic E-state index is -0.252. The summed E-state index contributed by atoms with van der Waals surface area (Å²) in [6, 6.07) is 3.42. The zero-order valence-corrected chi connectivity index (χ0v) is 19.0. The predicted octanol–water partition coefficient (Wildman–Crippen LogP) is 3.06. The average Bonchev–Trinajstić information content (AvgIpc) is 3.34. The Labute approximate surface area is 196 Å². The fourth-order valence-electron chi connectivity index (χ4n) is 3.69. The Morgan fingerprint density at radius 2 is 2.24 bits per heavy atom. The molecule has 0 aromatic carbocycles. The Bertz CT molecular complexity index is 1090. The minimum Gasteiger partial charge on any atom is -0.494 e. The molecule has 0 spiro atoms. The maximum Gasteiger partial charge on any atom is 0.230 e. The van der Waals surface area contributed by atoms with Gasteiger partial charge in [-0.3, -0.25) is 9.78 Å². The second kappa shape index (κ2) is 10.5. The van der Waals surface area contributed by atoms with Crippen molar-refractivity contribution in [3.63, 3.8) is 0 Å². The highest BCUT2D eigenvalue weighted by molar-refractivity contribution is 6.32. The summed E-state index contributed by atoms with van der Waals surface area (Å²) in [6.07, 6.45) is 8.77. The molecule has 0 radical (unpaired) electrons.